The zero-order chi connectivity index (χ0) is 18.4. The van der Waals surface area contributed by atoms with Crippen LogP contribution < -0.4 is 10.6 Å². The molecule has 0 bridgehead atoms. The number of rotatable bonds is 6. The van der Waals surface area contributed by atoms with Crippen LogP contribution in [0.2, 0.25) is 5.02 Å². The van der Waals surface area contributed by atoms with Crippen LogP contribution in [0.15, 0.2) is 78.9 Å². The molecule has 0 unspecified atom stereocenters. The van der Waals surface area contributed by atoms with Gasteiger partial charge in [-0.1, -0.05) is 71.8 Å². The third kappa shape index (κ3) is 4.94. The lowest BCUT2D eigenvalue weighted by atomic mass is 10.1. The van der Waals surface area contributed by atoms with Crippen molar-refractivity contribution in [2.45, 2.75) is 19.5 Å². The van der Waals surface area contributed by atoms with Crippen molar-refractivity contribution in [2.75, 3.05) is 5.32 Å². The highest BCUT2D eigenvalue weighted by atomic mass is 35.5. The van der Waals surface area contributed by atoms with Crippen molar-refractivity contribution in [3.05, 3.63) is 101 Å². The highest BCUT2D eigenvalue weighted by Crippen LogP contribution is 2.15. The summed E-state index contributed by atoms with van der Waals surface area (Å²) in [6, 6.07) is 25.0. The van der Waals surface area contributed by atoms with Crippen LogP contribution in [0.3, 0.4) is 0 Å². The number of anilines is 1. The van der Waals surface area contributed by atoms with Crippen molar-refractivity contribution >= 4 is 23.2 Å². The van der Waals surface area contributed by atoms with Gasteiger partial charge in [-0.15, -0.1) is 0 Å². The third-order valence-electron chi connectivity index (χ3n) is 4.24. The predicted octanol–water partition coefficient (Wildman–Crippen LogP) is 4.09. The molecule has 0 aromatic heterocycles. The van der Waals surface area contributed by atoms with Crippen LogP contribution in [0, 0.1) is 6.92 Å². The van der Waals surface area contributed by atoms with Gasteiger partial charge in [0, 0.05) is 21.8 Å². The average Bonchev–Trinajstić information content (AvgIpc) is 2.65. The highest BCUT2D eigenvalue weighted by Gasteiger charge is 2.24. The van der Waals surface area contributed by atoms with E-state index in [9.17, 15) is 4.79 Å². The van der Waals surface area contributed by atoms with Gasteiger partial charge in [0.05, 0.1) is 0 Å². The molecule has 0 spiro atoms. The zero-order valence-electron chi connectivity index (χ0n) is 14.7. The summed E-state index contributed by atoms with van der Waals surface area (Å²) < 4.78 is 0. The van der Waals surface area contributed by atoms with Gasteiger partial charge in [-0.2, -0.15) is 0 Å². The van der Waals surface area contributed by atoms with Crippen molar-refractivity contribution < 1.29 is 10.1 Å². The molecule has 0 aliphatic carbocycles. The number of quaternary nitrogens is 1. The molecule has 0 fully saturated rings. The Bertz CT molecular complexity index is 863. The van der Waals surface area contributed by atoms with Gasteiger partial charge >= 0.3 is 0 Å². The molecule has 1 atom stereocenters. The molecule has 3 nitrogen and oxygen atoms in total. The standard InChI is InChI=1S/C22H21ClN2O/c1-16-10-12-20(13-11-16)25-22(26)21(18-7-3-2-4-8-18)24-15-17-6-5-9-19(23)14-17/h2-14,21,24H,15H2,1H3,(H,25,26)/p+1/t21-/m0/s1. The van der Waals surface area contributed by atoms with Crippen molar-refractivity contribution in [1.82, 2.24) is 0 Å². The molecule has 0 heterocycles. The van der Waals surface area contributed by atoms with Gasteiger partial charge in [-0.25, -0.2) is 0 Å². The Labute approximate surface area is 159 Å². The first-order valence-corrected chi connectivity index (χ1v) is 9.00. The summed E-state index contributed by atoms with van der Waals surface area (Å²) >= 11 is 6.07. The summed E-state index contributed by atoms with van der Waals surface area (Å²) in [6.45, 7) is 2.69. The first kappa shape index (κ1) is 18.2. The fourth-order valence-corrected chi connectivity index (χ4v) is 3.04. The minimum absolute atomic E-state index is 0.0397. The Morgan fingerprint density at radius 2 is 1.73 bits per heavy atom. The normalized spacial score (nSPS) is 11.8. The van der Waals surface area contributed by atoms with Crippen LogP contribution >= 0.6 is 11.6 Å². The van der Waals surface area contributed by atoms with Gasteiger partial charge in [0.25, 0.3) is 5.91 Å². The van der Waals surface area contributed by atoms with Crippen LogP contribution in [0.25, 0.3) is 0 Å². The fourth-order valence-electron chi connectivity index (χ4n) is 2.83. The monoisotopic (exact) mass is 365 g/mol. The molecule has 1 amide bonds. The fraction of sp³-hybridized carbons (Fsp3) is 0.136. The second-order valence-electron chi connectivity index (χ2n) is 6.31. The van der Waals surface area contributed by atoms with Gasteiger partial charge in [0.1, 0.15) is 6.54 Å². The van der Waals surface area contributed by atoms with E-state index in [0.29, 0.717) is 11.6 Å². The number of hydrogen-bond acceptors (Lipinski definition) is 1. The summed E-state index contributed by atoms with van der Waals surface area (Å²) in [5.41, 5.74) is 4.02. The summed E-state index contributed by atoms with van der Waals surface area (Å²) in [5, 5.41) is 5.76. The zero-order valence-corrected chi connectivity index (χ0v) is 15.4. The average molecular weight is 366 g/mol. The number of halogens is 1. The smallest absolute Gasteiger partial charge is 0.287 e. The molecule has 0 aliphatic rings. The molecule has 0 saturated carbocycles. The van der Waals surface area contributed by atoms with Crippen LogP contribution in [0.4, 0.5) is 5.69 Å². The van der Waals surface area contributed by atoms with E-state index >= 15 is 0 Å². The molecular formula is C22H22ClN2O+. The molecule has 0 aliphatic heterocycles. The lowest BCUT2D eigenvalue weighted by molar-refractivity contribution is -0.697. The number of aryl methyl sites for hydroxylation is 1. The van der Waals surface area contributed by atoms with E-state index in [-0.39, 0.29) is 11.9 Å². The Morgan fingerprint density at radius 1 is 1.00 bits per heavy atom. The second-order valence-corrected chi connectivity index (χ2v) is 6.75. The number of amides is 1. The Hall–Kier alpha value is -2.62. The lowest BCUT2D eigenvalue weighted by Gasteiger charge is -2.16. The second kappa shape index (κ2) is 8.65. The first-order valence-electron chi connectivity index (χ1n) is 8.62. The molecule has 26 heavy (non-hydrogen) atoms. The van der Waals surface area contributed by atoms with Gasteiger partial charge in [-0.3, -0.25) is 4.79 Å². The molecule has 3 aromatic carbocycles. The molecule has 0 saturated heterocycles. The van der Waals surface area contributed by atoms with Gasteiger partial charge < -0.3 is 10.6 Å². The highest BCUT2D eigenvalue weighted by molar-refractivity contribution is 6.30. The number of hydrogen-bond donors (Lipinski definition) is 2. The van der Waals surface area contributed by atoms with Crippen LogP contribution in [-0.2, 0) is 11.3 Å². The number of carbonyl (C=O) groups excluding carboxylic acids is 1. The summed E-state index contributed by atoms with van der Waals surface area (Å²) in [4.78, 5) is 12.9. The molecule has 3 N–H and O–H groups in total. The maximum absolute atomic E-state index is 12.9. The van der Waals surface area contributed by atoms with E-state index in [4.69, 9.17) is 11.6 Å². The predicted molar refractivity (Wildman–Crippen MR) is 106 cm³/mol. The minimum atomic E-state index is -0.337. The van der Waals surface area contributed by atoms with Crippen molar-refractivity contribution in [3.8, 4) is 0 Å². The Balaban J connectivity index is 1.76. The van der Waals surface area contributed by atoms with E-state index in [0.717, 1.165) is 22.4 Å². The topological polar surface area (TPSA) is 45.7 Å². The first-order chi connectivity index (χ1) is 12.6. The lowest BCUT2D eigenvalue weighted by Crippen LogP contribution is -2.85. The quantitative estimate of drug-likeness (QED) is 0.679. The van der Waals surface area contributed by atoms with Crippen molar-refractivity contribution in [3.63, 3.8) is 0 Å². The van der Waals surface area contributed by atoms with Gasteiger partial charge in [0.15, 0.2) is 6.04 Å². The number of benzene rings is 3. The van der Waals surface area contributed by atoms with E-state index < -0.39 is 0 Å². The van der Waals surface area contributed by atoms with E-state index in [1.807, 2.05) is 91.1 Å². The maximum atomic E-state index is 12.9. The van der Waals surface area contributed by atoms with Crippen LogP contribution in [0.5, 0.6) is 0 Å². The molecule has 0 radical (unpaired) electrons. The largest absolute Gasteiger partial charge is 0.328 e. The van der Waals surface area contributed by atoms with Gasteiger partial charge in [0.2, 0.25) is 0 Å². The number of nitrogens with one attached hydrogen (secondary N) is 1. The molecule has 4 heteroatoms. The minimum Gasteiger partial charge on any atom is -0.328 e. The Morgan fingerprint density at radius 3 is 2.42 bits per heavy atom. The Kier molecular flexibility index (Phi) is 6.05. The molecule has 3 rings (SSSR count). The summed E-state index contributed by atoms with van der Waals surface area (Å²) in [7, 11) is 0. The van der Waals surface area contributed by atoms with Crippen molar-refractivity contribution in [1.29, 1.82) is 0 Å². The van der Waals surface area contributed by atoms with E-state index in [1.54, 1.807) is 0 Å². The summed E-state index contributed by atoms with van der Waals surface area (Å²) in [5.74, 6) is -0.0397. The number of nitrogens with two attached hydrogens (primary N) is 1. The SMILES string of the molecule is Cc1ccc(NC(=O)[C@@H]([NH2+]Cc2cccc(Cl)c2)c2ccccc2)cc1. The molecule has 132 valence electrons. The maximum Gasteiger partial charge on any atom is 0.287 e. The van der Waals surface area contributed by atoms with Crippen molar-refractivity contribution in [2.24, 2.45) is 0 Å². The number of carbonyl (C=O) groups is 1. The van der Waals surface area contributed by atoms with Gasteiger partial charge in [-0.05, 0) is 31.2 Å². The van der Waals surface area contributed by atoms with Crippen LogP contribution in [-0.4, -0.2) is 5.91 Å². The van der Waals surface area contributed by atoms with E-state index in [2.05, 4.69) is 5.32 Å². The van der Waals surface area contributed by atoms with E-state index in [1.165, 1.54) is 0 Å². The summed E-state index contributed by atoms with van der Waals surface area (Å²) in [6.07, 6.45) is 0. The third-order valence-corrected chi connectivity index (χ3v) is 4.47. The van der Waals surface area contributed by atoms with Crippen LogP contribution in [0.1, 0.15) is 22.7 Å². The molecular weight excluding hydrogens is 344 g/mol. The molecule has 3 aromatic rings.